The second kappa shape index (κ2) is 11.9. The number of β-amino-alcohol motifs (C(OH)–C–C–N with tert-alkyl or cyclic N) is 1. The van der Waals surface area contributed by atoms with Crippen LogP contribution in [0.25, 0.3) is 0 Å². The number of likely N-dealkylation sites (tertiary alicyclic amines) is 1. The lowest BCUT2D eigenvalue weighted by atomic mass is 10.1. The third-order valence-electron chi connectivity index (χ3n) is 5.27. The summed E-state index contributed by atoms with van der Waals surface area (Å²) in [6.45, 7) is 2.92. The van der Waals surface area contributed by atoms with Crippen molar-refractivity contribution in [2.75, 3.05) is 31.5 Å². The average Bonchev–Trinajstić information content (AvgIpc) is 2.77. The number of aliphatic hydroxyl groups excluding tert-OH is 1. The van der Waals surface area contributed by atoms with Gasteiger partial charge in [-0.05, 0) is 43.2 Å². The molecule has 2 aromatic rings. The summed E-state index contributed by atoms with van der Waals surface area (Å²) in [7, 11) is -3.88. The molecule has 0 bridgehead atoms. The molecule has 1 atom stereocenters. The Morgan fingerprint density at radius 1 is 1.12 bits per heavy atom. The highest BCUT2D eigenvalue weighted by atomic mass is 35.5. The lowest BCUT2D eigenvalue weighted by molar-refractivity contribution is -0.114. The first-order valence-corrected chi connectivity index (χ1v) is 13.2. The van der Waals surface area contributed by atoms with Crippen molar-refractivity contribution in [1.29, 1.82) is 0 Å². The molecule has 8 nitrogen and oxygen atoms in total. The van der Waals surface area contributed by atoms with E-state index in [0.717, 1.165) is 12.8 Å². The summed E-state index contributed by atoms with van der Waals surface area (Å²) in [5, 5.41) is 13.9. The van der Waals surface area contributed by atoms with Gasteiger partial charge in [0.1, 0.15) is 11.9 Å². The van der Waals surface area contributed by atoms with Crippen molar-refractivity contribution in [3.63, 3.8) is 0 Å². The Morgan fingerprint density at radius 2 is 1.82 bits per heavy atom. The van der Waals surface area contributed by atoms with Gasteiger partial charge in [0.15, 0.2) is 0 Å². The first kappa shape index (κ1) is 27.0. The molecule has 12 heteroatoms. The molecule has 0 saturated carbocycles. The van der Waals surface area contributed by atoms with Crippen LogP contribution >= 0.6 is 34.8 Å². The lowest BCUT2D eigenvalue weighted by Crippen LogP contribution is -2.45. The number of anilines is 1. The quantitative estimate of drug-likeness (QED) is 0.438. The van der Waals surface area contributed by atoms with Crippen molar-refractivity contribution in [2.24, 2.45) is 0 Å². The van der Waals surface area contributed by atoms with Gasteiger partial charge in [0, 0.05) is 39.2 Å². The third kappa shape index (κ3) is 7.71. The number of benzene rings is 2. The second-order valence-electron chi connectivity index (χ2n) is 8.02. The number of carbonyl (C=O) groups excluding carboxylic acids is 1. The fourth-order valence-electron chi connectivity index (χ4n) is 3.56. The summed E-state index contributed by atoms with van der Waals surface area (Å²) >= 11 is 18.0. The molecule has 0 aromatic heterocycles. The van der Waals surface area contributed by atoms with E-state index in [2.05, 4.69) is 14.9 Å². The number of sulfonamides is 1. The maximum atomic E-state index is 12.6. The number of nitrogens with zero attached hydrogens (tertiary/aromatic N) is 1. The minimum atomic E-state index is -3.88. The number of amides is 1. The van der Waals surface area contributed by atoms with Crippen LogP contribution in [0.5, 0.6) is 5.75 Å². The molecule has 0 aliphatic carbocycles. The monoisotopic (exact) mass is 549 g/mol. The molecule has 1 fully saturated rings. The Labute approximate surface area is 214 Å². The van der Waals surface area contributed by atoms with Crippen molar-refractivity contribution in [2.45, 2.75) is 36.9 Å². The van der Waals surface area contributed by atoms with Gasteiger partial charge in [0.2, 0.25) is 15.9 Å². The zero-order valence-electron chi connectivity index (χ0n) is 18.4. The predicted molar refractivity (Wildman–Crippen MR) is 134 cm³/mol. The van der Waals surface area contributed by atoms with E-state index in [9.17, 15) is 18.3 Å². The standard InChI is InChI=1S/C22H26Cl3N3O5S/c1-14(29)27-22-5-3-18(11-21(22)25)34(31,32)26-12-15(30)13-28-8-6-16(7-9-28)33-17-2-4-19(23)20(24)10-17/h2-5,10-11,15-16,26,30H,6-9,12-13H2,1H3,(H,27,29)/t15-/m0/s1. The fourth-order valence-corrected chi connectivity index (χ4v) is 5.24. The molecule has 3 rings (SSSR count). The first-order chi connectivity index (χ1) is 16.0. The Kier molecular flexibility index (Phi) is 9.45. The molecular weight excluding hydrogens is 525 g/mol. The number of hydrogen-bond donors (Lipinski definition) is 3. The summed E-state index contributed by atoms with van der Waals surface area (Å²) in [6.07, 6.45) is 0.654. The summed E-state index contributed by atoms with van der Waals surface area (Å²) in [5.41, 5.74) is 0.319. The van der Waals surface area contributed by atoms with Gasteiger partial charge in [-0.25, -0.2) is 13.1 Å². The number of hydrogen-bond acceptors (Lipinski definition) is 6. The van der Waals surface area contributed by atoms with Gasteiger partial charge in [-0.2, -0.15) is 0 Å². The maximum absolute atomic E-state index is 12.6. The number of rotatable bonds is 9. The van der Waals surface area contributed by atoms with Crippen molar-refractivity contribution in [3.05, 3.63) is 51.5 Å². The molecule has 0 spiro atoms. The van der Waals surface area contributed by atoms with Crippen molar-refractivity contribution < 1.29 is 23.1 Å². The molecule has 1 aliphatic rings. The first-order valence-electron chi connectivity index (χ1n) is 10.6. The summed E-state index contributed by atoms with van der Waals surface area (Å²) in [6, 6.07) is 9.16. The topological polar surface area (TPSA) is 108 Å². The molecule has 2 aromatic carbocycles. The zero-order chi connectivity index (χ0) is 24.9. The minimum absolute atomic E-state index is 0.0225. The van der Waals surface area contributed by atoms with Crippen LogP contribution in [-0.2, 0) is 14.8 Å². The average molecular weight is 551 g/mol. The van der Waals surface area contributed by atoms with Crippen molar-refractivity contribution >= 4 is 56.4 Å². The van der Waals surface area contributed by atoms with Crippen LogP contribution < -0.4 is 14.8 Å². The highest BCUT2D eigenvalue weighted by molar-refractivity contribution is 7.89. The Hall–Kier alpha value is -1.59. The molecular formula is C22H26Cl3N3O5S. The third-order valence-corrected chi connectivity index (χ3v) is 7.74. The van der Waals surface area contributed by atoms with Crippen LogP contribution in [0.3, 0.4) is 0 Å². The lowest BCUT2D eigenvalue weighted by Gasteiger charge is -2.33. The molecule has 0 unspecified atom stereocenters. The van der Waals surface area contributed by atoms with Gasteiger partial charge in [-0.15, -0.1) is 0 Å². The van der Waals surface area contributed by atoms with E-state index in [0.29, 0.717) is 41.1 Å². The van der Waals surface area contributed by atoms with Gasteiger partial charge in [-0.1, -0.05) is 34.8 Å². The molecule has 1 saturated heterocycles. The molecule has 186 valence electrons. The van der Waals surface area contributed by atoms with Crippen LogP contribution in [0.15, 0.2) is 41.3 Å². The highest BCUT2D eigenvalue weighted by Gasteiger charge is 2.24. The van der Waals surface area contributed by atoms with Crippen molar-refractivity contribution in [1.82, 2.24) is 9.62 Å². The minimum Gasteiger partial charge on any atom is -0.490 e. The molecule has 3 N–H and O–H groups in total. The van der Waals surface area contributed by atoms with Crippen LogP contribution in [0, 0.1) is 0 Å². The van der Waals surface area contributed by atoms with Gasteiger partial charge >= 0.3 is 0 Å². The number of aliphatic hydroxyl groups is 1. The maximum Gasteiger partial charge on any atom is 0.240 e. The van der Waals surface area contributed by atoms with Gasteiger partial charge in [0.05, 0.1) is 31.8 Å². The van der Waals surface area contributed by atoms with E-state index in [1.807, 2.05) is 0 Å². The van der Waals surface area contributed by atoms with Crippen LogP contribution in [0.1, 0.15) is 19.8 Å². The number of nitrogens with one attached hydrogen (secondary N) is 2. The molecule has 1 amide bonds. The van der Waals surface area contributed by atoms with Gasteiger partial charge in [-0.3, -0.25) is 4.79 Å². The fraction of sp³-hybridized carbons (Fsp3) is 0.409. The van der Waals surface area contributed by atoms with E-state index in [-0.39, 0.29) is 28.5 Å². The normalized spacial score (nSPS) is 16.3. The molecule has 0 radical (unpaired) electrons. The number of carbonyl (C=O) groups is 1. The van der Waals surface area contributed by atoms with Crippen molar-refractivity contribution in [3.8, 4) is 5.75 Å². The van der Waals surface area contributed by atoms with Crippen LogP contribution in [-0.4, -0.2) is 62.7 Å². The largest absolute Gasteiger partial charge is 0.490 e. The summed E-state index contributed by atoms with van der Waals surface area (Å²) in [5.74, 6) is 0.344. The number of halogens is 3. The van der Waals surface area contributed by atoms with E-state index in [1.54, 1.807) is 18.2 Å². The molecule has 1 heterocycles. The Bertz CT molecular complexity index is 1120. The van der Waals surface area contributed by atoms with Gasteiger partial charge < -0.3 is 20.1 Å². The Morgan fingerprint density at radius 3 is 2.44 bits per heavy atom. The number of piperidine rings is 1. The predicted octanol–water partition coefficient (Wildman–Crippen LogP) is 3.79. The smallest absolute Gasteiger partial charge is 0.240 e. The Balaban J connectivity index is 1.45. The van der Waals surface area contributed by atoms with E-state index < -0.39 is 16.1 Å². The van der Waals surface area contributed by atoms with E-state index in [1.165, 1.54) is 25.1 Å². The van der Waals surface area contributed by atoms with Crippen LogP contribution in [0.4, 0.5) is 5.69 Å². The zero-order valence-corrected chi connectivity index (χ0v) is 21.5. The molecule has 1 aliphatic heterocycles. The SMILES string of the molecule is CC(=O)Nc1ccc(S(=O)(=O)NC[C@H](O)CN2CCC(Oc3ccc(Cl)c(Cl)c3)CC2)cc1Cl. The van der Waals surface area contributed by atoms with Crippen LogP contribution in [0.2, 0.25) is 15.1 Å². The summed E-state index contributed by atoms with van der Waals surface area (Å²) in [4.78, 5) is 13.2. The molecule has 34 heavy (non-hydrogen) atoms. The van der Waals surface area contributed by atoms with Gasteiger partial charge in [0.25, 0.3) is 0 Å². The van der Waals surface area contributed by atoms with E-state index in [4.69, 9.17) is 39.5 Å². The summed E-state index contributed by atoms with van der Waals surface area (Å²) < 4.78 is 33.5. The van der Waals surface area contributed by atoms with E-state index >= 15 is 0 Å². The second-order valence-corrected chi connectivity index (χ2v) is 11.0. The highest BCUT2D eigenvalue weighted by Crippen LogP contribution is 2.28. The number of ether oxygens (including phenoxy) is 1.